The predicted octanol–water partition coefficient (Wildman–Crippen LogP) is 4.05. The van der Waals surface area contributed by atoms with Gasteiger partial charge in [0.2, 0.25) is 0 Å². The molecule has 1 aromatic carbocycles. The van der Waals surface area contributed by atoms with Gasteiger partial charge < -0.3 is 14.5 Å². The number of aromatic amines is 1. The summed E-state index contributed by atoms with van der Waals surface area (Å²) in [7, 11) is 1.84. The molecule has 9 nitrogen and oxygen atoms in total. The summed E-state index contributed by atoms with van der Waals surface area (Å²) in [5.74, 6) is 1.50. The van der Waals surface area contributed by atoms with Crippen LogP contribution < -0.4 is 4.90 Å². The number of pyridine rings is 1. The smallest absolute Gasteiger partial charge is 0.253 e. The minimum Gasteiger partial charge on any atom is -0.378 e. The Balaban J connectivity index is 1.45. The molecule has 0 saturated carbocycles. The maximum atomic E-state index is 13.0. The SMILES string of the molecule is Cc1c(CN(C)C(=O)c2ccccc2)sc2c(N3CCOCC3)nc(-c3cncc4[nH]ncc34)nc12. The third-order valence-corrected chi connectivity index (χ3v) is 7.77. The second-order valence-electron chi connectivity index (χ2n) is 8.84. The Bertz CT molecular complexity index is 1560. The van der Waals surface area contributed by atoms with E-state index in [9.17, 15) is 4.79 Å². The normalized spacial score (nSPS) is 14.0. The van der Waals surface area contributed by atoms with Gasteiger partial charge in [-0.05, 0) is 24.6 Å². The number of ether oxygens (including phenoxy) is 1. The summed E-state index contributed by atoms with van der Waals surface area (Å²) in [5, 5.41) is 8.08. The number of benzene rings is 1. The van der Waals surface area contributed by atoms with Gasteiger partial charge in [-0.2, -0.15) is 5.10 Å². The number of nitrogens with zero attached hydrogens (tertiary/aromatic N) is 6. The van der Waals surface area contributed by atoms with E-state index < -0.39 is 0 Å². The topological polar surface area (TPSA) is 100 Å². The van der Waals surface area contributed by atoms with Crippen molar-refractivity contribution in [2.75, 3.05) is 38.3 Å². The van der Waals surface area contributed by atoms with E-state index in [2.05, 4.69) is 27.0 Å². The van der Waals surface area contributed by atoms with Crippen molar-refractivity contribution in [1.82, 2.24) is 30.0 Å². The van der Waals surface area contributed by atoms with E-state index in [4.69, 9.17) is 14.7 Å². The van der Waals surface area contributed by atoms with Crippen LogP contribution in [-0.4, -0.2) is 69.3 Å². The molecule has 1 saturated heterocycles. The van der Waals surface area contributed by atoms with Crippen LogP contribution in [0.15, 0.2) is 48.9 Å². The van der Waals surface area contributed by atoms with Gasteiger partial charge in [-0.25, -0.2) is 9.97 Å². The van der Waals surface area contributed by atoms with Crippen LogP contribution in [0, 0.1) is 6.92 Å². The van der Waals surface area contributed by atoms with E-state index >= 15 is 0 Å². The molecule has 1 N–H and O–H groups in total. The largest absolute Gasteiger partial charge is 0.378 e. The van der Waals surface area contributed by atoms with Gasteiger partial charge in [0, 0.05) is 47.7 Å². The number of hydrogen-bond donors (Lipinski definition) is 1. The highest BCUT2D eigenvalue weighted by atomic mass is 32.1. The van der Waals surface area contributed by atoms with Crippen LogP contribution >= 0.6 is 11.3 Å². The number of carbonyl (C=O) groups is 1. The Kier molecular flexibility index (Phi) is 5.82. The molecule has 0 atom stereocenters. The molecule has 1 fully saturated rings. The lowest BCUT2D eigenvalue weighted by Gasteiger charge is -2.28. The third-order valence-electron chi connectivity index (χ3n) is 6.51. The zero-order chi connectivity index (χ0) is 24.6. The van der Waals surface area contributed by atoms with Gasteiger partial charge in [0.05, 0.1) is 47.9 Å². The van der Waals surface area contributed by atoms with Crippen LogP contribution in [-0.2, 0) is 11.3 Å². The highest BCUT2D eigenvalue weighted by molar-refractivity contribution is 7.19. The number of nitrogens with one attached hydrogen (secondary N) is 1. The molecule has 4 aromatic heterocycles. The summed E-state index contributed by atoms with van der Waals surface area (Å²) >= 11 is 1.66. The molecule has 36 heavy (non-hydrogen) atoms. The fourth-order valence-corrected chi connectivity index (χ4v) is 5.83. The second-order valence-corrected chi connectivity index (χ2v) is 9.95. The molecule has 0 unspecified atom stereocenters. The van der Waals surface area contributed by atoms with E-state index in [1.54, 1.807) is 34.8 Å². The second kappa shape index (κ2) is 9.29. The first kappa shape index (κ1) is 22.6. The van der Waals surface area contributed by atoms with Crippen LogP contribution in [0.5, 0.6) is 0 Å². The molecule has 0 aliphatic carbocycles. The van der Waals surface area contributed by atoms with Gasteiger partial charge in [0.15, 0.2) is 11.6 Å². The first-order chi connectivity index (χ1) is 17.6. The van der Waals surface area contributed by atoms with E-state index in [0.29, 0.717) is 31.1 Å². The summed E-state index contributed by atoms with van der Waals surface area (Å²) in [6.45, 7) is 5.41. The minimum atomic E-state index is -0.00894. The number of carbonyl (C=O) groups excluding carboxylic acids is 1. The predicted molar refractivity (Wildman–Crippen MR) is 140 cm³/mol. The molecular formula is C26H25N7O2S. The number of thiophene rings is 1. The lowest BCUT2D eigenvalue weighted by Crippen LogP contribution is -2.36. The summed E-state index contributed by atoms with van der Waals surface area (Å²) in [6, 6.07) is 9.36. The van der Waals surface area contributed by atoms with Crippen LogP contribution in [0.1, 0.15) is 20.8 Å². The van der Waals surface area contributed by atoms with Gasteiger partial charge in [-0.3, -0.25) is 14.9 Å². The fraction of sp³-hybridized carbons (Fsp3) is 0.269. The highest BCUT2D eigenvalue weighted by Gasteiger charge is 2.24. The average Bonchev–Trinajstić information content (AvgIpc) is 3.53. The van der Waals surface area contributed by atoms with Crippen molar-refractivity contribution in [1.29, 1.82) is 0 Å². The van der Waals surface area contributed by atoms with Crippen molar-refractivity contribution in [3.05, 3.63) is 64.9 Å². The fourth-order valence-electron chi connectivity index (χ4n) is 4.51. The Hall–Kier alpha value is -3.89. The lowest BCUT2D eigenvalue weighted by atomic mass is 10.1. The average molecular weight is 500 g/mol. The van der Waals surface area contributed by atoms with Crippen LogP contribution in [0.3, 0.4) is 0 Å². The molecule has 182 valence electrons. The maximum Gasteiger partial charge on any atom is 0.253 e. The van der Waals surface area contributed by atoms with Crippen LogP contribution in [0.25, 0.3) is 32.5 Å². The monoisotopic (exact) mass is 499 g/mol. The zero-order valence-corrected chi connectivity index (χ0v) is 20.9. The number of H-pyrrole nitrogens is 1. The number of amides is 1. The van der Waals surface area contributed by atoms with Gasteiger partial charge in [0.25, 0.3) is 5.91 Å². The number of fused-ring (bicyclic) bond motifs is 2. The van der Waals surface area contributed by atoms with Crippen molar-refractivity contribution in [2.45, 2.75) is 13.5 Å². The first-order valence-corrected chi connectivity index (χ1v) is 12.6. The lowest BCUT2D eigenvalue weighted by molar-refractivity contribution is 0.0786. The Morgan fingerprint density at radius 1 is 1.14 bits per heavy atom. The van der Waals surface area contributed by atoms with E-state index in [1.807, 2.05) is 37.4 Å². The summed E-state index contributed by atoms with van der Waals surface area (Å²) in [4.78, 5) is 32.5. The first-order valence-electron chi connectivity index (χ1n) is 11.8. The number of rotatable bonds is 5. The molecular weight excluding hydrogens is 474 g/mol. The highest BCUT2D eigenvalue weighted by Crippen LogP contribution is 2.38. The van der Waals surface area contributed by atoms with Gasteiger partial charge in [-0.1, -0.05) is 18.2 Å². The molecule has 5 heterocycles. The number of hydrogen-bond acceptors (Lipinski definition) is 8. The number of aromatic nitrogens is 5. The molecule has 1 aliphatic heterocycles. The van der Waals surface area contributed by atoms with Gasteiger partial charge in [-0.15, -0.1) is 11.3 Å². The molecule has 10 heteroatoms. The number of anilines is 1. The number of morpholine rings is 1. The molecule has 5 aromatic rings. The molecule has 1 amide bonds. The molecule has 0 spiro atoms. The standard InChI is InChI=1S/C26H25N7O2S/c1-16-21(15-32(2)26(34)17-6-4-3-5-7-17)36-23-22(16)29-24(30-25(23)33-8-10-35-11-9-33)19-12-27-14-20-18(19)13-28-31-20/h3-7,12-14H,8-11,15H2,1-2H3,(H,28,31). The van der Waals surface area contributed by atoms with E-state index in [1.165, 1.54) is 0 Å². The quantitative estimate of drug-likeness (QED) is 0.389. The maximum absolute atomic E-state index is 13.0. The molecule has 0 radical (unpaired) electrons. The molecule has 1 aliphatic rings. The molecule has 6 rings (SSSR count). The van der Waals surface area contributed by atoms with Crippen molar-refractivity contribution in [2.24, 2.45) is 0 Å². The van der Waals surface area contributed by atoms with Crippen LogP contribution in [0.4, 0.5) is 5.82 Å². The third kappa shape index (κ3) is 3.98. The number of aryl methyl sites for hydroxylation is 1. The zero-order valence-electron chi connectivity index (χ0n) is 20.1. The Morgan fingerprint density at radius 3 is 2.75 bits per heavy atom. The summed E-state index contributed by atoms with van der Waals surface area (Å²) in [6.07, 6.45) is 5.32. The molecule has 0 bridgehead atoms. The minimum absolute atomic E-state index is 0.00894. The Labute approximate surface area is 211 Å². The van der Waals surface area contributed by atoms with Crippen molar-refractivity contribution in [3.63, 3.8) is 0 Å². The van der Waals surface area contributed by atoms with Crippen molar-refractivity contribution >= 4 is 44.2 Å². The van der Waals surface area contributed by atoms with Crippen molar-refractivity contribution in [3.8, 4) is 11.4 Å². The van der Waals surface area contributed by atoms with Gasteiger partial charge in [0.1, 0.15) is 0 Å². The summed E-state index contributed by atoms with van der Waals surface area (Å²) < 4.78 is 6.63. The van der Waals surface area contributed by atoms with Crippen molar-refractivity contribution < 1.29 is 9.53 Å². The van der Waals surface area contributed by atoms with Crippen LogP contribution in [0.2, 0.25) is 0 Å². The Morgan fingerprint density at radius 2 is 1.94 bits per heavy atom. The van der Waals surface area contributed by atoms with Gasteiger partial charge >= 0.3 is 0 Å². The summed E-state index contributed by atoms with van der Waals surface area (Å²) in [5.41, 5.74) is 4.32. The van der Waals surface area contributed by atoms with E-state index in [-0.39, 0.29) is 5.91 Å². The van der Waals surface area contributed by atoms with E-state index in [0.717, 1.165) is 56.0 Å².